The van der Waals surface area contributed by atoms with E-state index in [1.807, 2.05) is 61.5 Å². The lowest BCUT2D eigenvalue weighted by Crippen LogP contribution is -2.37. The standard InChI is InChI=1S/C15H13NO/c1-15(11-7-3-2-4-8-11)13-10-6-5-9-12(13)14(17)16-15/h2-10H,1H3,(H,16,17)/t15-/m0/s1. The second-order valence-corrected chi connectivity index (χ2v) is 4.49. The van der Waals surface area contributed by atoms with Gasteiger partial charge in [0.15, 0.2) is 0 Å². The summed E-state index contributed by atoms with van der Waals surface area (Å²) in [5.74, 6) is 0.00644. The molecule has 1 atom stereocenters. The average Bonchev–Trinajstić information content (AvgIpc) is 2.65. The van der Waals surface area contributed by atoms with Crippen LogP contribution in [-0.4, -0.2) is 5.91 Å². The average molecular weight is 223 g/mol. The van der Waals surface area contributed by atoms with Gasteiger partial charge in [-0.15, -0.1) is 0 Å². The summed E-state index contributed by atoms with van der Waals surface area (Å²) in [6.07, 6.45) is 0. The number of amides is 1. The molecule has 1 aliphatic rings. The fraction of sp³-hybridized carbons (Fsp3) is 0.133. The molecule has 2 aromatic carbocycles. The van der Waals surface area contributed by atoms with Crippen molar-refractivity contribution in [3.8, 4) is 0 Å². The van der Waals surface area contributed by atoms with Gasteiger partial charge in [-0.05, 0) is 24.1 Å². The van der Waals surface area contributed by atoms with Crippen LogP contribution < -0.4 is 5.32 Å². The maximum atomic E-state index is 11.9. The molecule has 84 valence electrons. The molecule has 1 heterocycles. The number of hydrogen-bond donors (Lipinski definition) is 1. The van der Waals surface area contributed by atoms with Crippen molar-refractivity contribution in [1.29, 1.82) is 0 Å². The van der Waals surface area contributed by atoms with Crippen molar-refractivity contribution >= 4 is 5.91 Å². The van der Waals surface area contributed by atoms with E-state index in [2.05, 4.69) is 5.32 Å². The van der Waals surface area contributed by atoms with Crippen molar-refractivity contribution in [2.45, 2.75) is 12.5 Å². The molecule has 1 amide bonds. The van der Waals surface area contributed by atoms with Crippen molar-refractivity contribution in [3.05, 3.63) is 71.3 Å². The molecule has 3 rings (SSSR count). The predicted molar refractivity (Wildman–Crippen MR) is 66.8 cm³/mol. The minimum Gasteiger partial charge on any atom is -0.339 e. The molecule has 0 saturated heterocycles. The van der Waals surface area contributed by atoms with E-state index in [1.165, 1.54) is 0 Å². The van der Waals surface area contributed by atoms with Crippen LogP contribution in [0.4, 0.5) is 0 Å². The molecule has 0 unspecified atom stereocenters. The van der Waals surface area contributed by atoms with E-state index in [1.54, 1.807) is 0 Å². The molecule has 2 aromatic rings. The Kier molecular flexibility index (Phi) is 2.05. The van der Waals surface area contributed by atoms with Gasteiger partial charge >= 0.3 is 0 Å². The van der Waals surface area contributed by atoms with Crippen LogP contribution in [0.3, 0.4) is 0 Å². The first kappa shape index (κ1) is 10.1. The Morgan fingerprint density at radius 1 is 0.941 bits per heavy atom. The lowest BCUT2D eigenvalue weighted by Gasteiger charge is -2.26. The van der Waals surface area contributed by atoms with Crippen LogP contribution in [-0.2, 0) is 5.54 Å². The number of carbonyl (C=O) groups is 1. The number of carbonyl (C=O) groups excluding carboxylic acids is 1. The summed E-state index contributed by atoms with van der Waals surface area (Å²) in [7, 11) is 0. The molecule has 0 radical (unpaired) electrons. The molecule has 17 heavy (non-hydrogen) atoms. The first-order valence-electron chi connectivity index (χ1n) is 5.69. The van der Waals surface area contributed by atoms with Crippen molar-refractivity contribution < 1.29 is 4.79 Å². The zero-order chi connectivity index (χ0) is 11.9. The maximum Gasteiger partial charge on any atom is 0.252 e. The van der Waals surface area contributed by atoms with Crippen molar-refractivity contribution in [1.82, 2.24) is 5.32 Å². The number of fused-ring (bicyclic) bond motifs is 1. The van der Waals surface area contributed by atoms with Gasteiger partial charge in [0.1, 0.15) is 0 Å². The van der Waals surface area contributed by atoms with Crippen molar-refractivity contribution in [2.75, 3.05) is 0 Å². The molecular formula is C15H13NO. The van der Waals surface area contributed by atoms with Gasteiger partial charge in [-0.25, -0.2) is 0 Å². The predicted octanol–water partition coefficient (Wildman–Crippen LogP) is 2.69. The van der Waals surface area contributed by atoms with Crippen LogP contribution in [0.5, 0.6) is 0 Å². The Bertz CT molecular complexity index is 576. The number of rotatable bonds is 1. The molecule has 2 nitrogen and oxygen atoms in total. The minimum absolute atomic E-state index is 0.00644. The van der Waals surface area contributed by atoms with E-state index < -0.39 is 5.54 Å². The molecule has 1 aliphatic heterocycles. The summed E-state index contributed by atoms with van der Waals surface area (Å²) in [4.78, 5) is 11.9. The van der Waals surface area contributed by atoms with E-state index in [9.17, 15) is 4.79 Å². The topological polar surface area (TPSA) is 29.1 Å². The Balaban J connectivity index is 2.21. The highest BCUT2D eigenvalue weighted by molar-refractivity contribution is 6.00. The summed E-state index contributed by atoms with van der Waals surface area (Å²) in [5.41, 5.74) is 2.53. The van der Waals surface area contributed by atoms with Gasteiger partial charge in [-0.1, -0.05) is 48.5 Å². The molecule has 0 aliphatic carbocycles. The third-order valence-corrected chi connectivity index (χ3v) is 3.43. The quantitative estimate of drug-likeness (QED) is 0.791. The Morgan fingerprint density at radius 3 is 2.35 bits per heavy atom. The Hall–Kier alpha value is -2.09. The maximum absolute atomic E-state index is 11.9. The lowest BCUT2D eigenvalue weighted by molar-refractivity contribution is 0.0945. The number of benzene rings is 2. The van der Waals surface area contributed by atoms with Crippen LogP contribution >= 0.6 is 0 Å². The zero-order valence-corrected chi connectivity index (χ0v) is 9.60. The molecule has 1 N–H and O–H groups in total. The van der Waals surface area contributed by atoms with Crippen molar-refractivity contribution in [3.63, 3.8) is 0 Å². The van der Waals surface area contributed by atoms with Gasteiger partial charge in [0, 0.05) is 5.56 Å². The number of nitrogens with one attached hydrogen (secondary N) is 1. The van der Waals surface area contributed by atoms with Gasteiger partial charge < -0.3 is 5.32 Å². The van der Waals surface area contributed by atoms with Gasteiger partial charge in [0.2, 0.25) is 0 Å². The fourth-order valence-corrected chi connectivity index (χ4v) is 2.48. The van der Waals surface area contributed by atoms with E-state index in [0.29, 0.717) is 0 Å². The second-order valence-electron chi connectivity index (χ2n) is 4.49. The SMILES string of the molecule is C[C@@]1(c2ccccc2)NC(=O)c2ccccc21. The molecule has 0 bridgehead atoms. The lowest BCUT2D eigenvalue weighted by atomic mass is 9.85. The first-order chi connectivity index (χ1) is 8.22. The largest absolute Gasteiger partial charge is 0.339 e. The molecule has 0 saturated carbocycles. The molecular weight excluding hydrogens is 210 g/mol. The third-order valence-electron chi connectivity index (χ3n) is 3.43. The van der Waals surface area contributed by atoms with Gasteiger partial charge in [-0.3, -0.25) is 4.79 Å². The van der Waals surface area contributed by atoms with Gasteiger partial charge in [0.05, 0.1) is 5.54 Å². The normalized spacial score (nSPS) is 22.1. The van der Waals surface area contributed by atoms with E-state index in [0.717, 1.165) is 16.7 Å². The van der Waals surface area contributed by atoms with Crippen molar-refractivity contribution in [2.24, 2.45) is 0 Å². The van der Waals surface area contributed by atoms with Crippen LogP contribution in [0.1, 0.15) is 28.4 Å². The van der Waals surface area contributed by atoms with Gasteiger partial charge in [0.25, 0.3) is 5.91 Å². The highest BCUT2D eigenvalue weighted by Gasteiger charge is 2.39. The summed E-state index contributed by atoms with van der Waals surface area (Å²) in [6, 6.07) is 17.8. The highest BCUT2D eigenvalue weighted by Crippen LogP contribution is 2.36. The minimum atomic E-state index is -0.408. The molecule has 0 fully saturated rings. The molecule has 0 aromatic heterocycles. The zero-order valence-electron chi connectivity index (χ0n) is 9.60. The van der Waals surface area contributed by atoms with E-state index in [-0.39, 0.29) is 5.91 Å². The third kappa shape index (κ3) is 1.37. The van der Waals surface area contributed by atoms with E-state index >= 15 is 0 Å². The monoisotopic (exact) mass is 223 g/mol. The Labute approximate surface area is 100 Å². The van der Waals surface area contributed by atoms with Crippen LogP contribution in [0.15, 0.2) is 54.6 Å². The fourth-order valence-electron chi connectivity index (χ4n) is 2.48. The van der Waals surface area contributed by atoms with Crippen LogP contribution in [0.25, 0.3) is 0 Å². The second kappa shape index (κ2) is 3.45. The number of hydrogen-bond acceptors (Lipinski definition) is 1. The Morgan fingerprint density at radius 2 is 1.59 bits per heavy atom. The summed E-state index contributed by atoms with van der Waals surface area (Å²) in [5, 5.41) is 3.07. The molecule has 2 heteroatoms. The molecule has 0 spiro atoms. The van der Waals surface area contributed by atoms with Crippen LogP contribution in [0.2, 0.25) is 0 Å². The summed E-state index contributed by atoms with van der Waals surface area (Å²) < 4.78 is 0. The first-order valence-corrected chi connectivity index (χ1v) is 5.69. The van der Waals surface area contributed by atoms with Crippen LogP contribution in [0, 0.1) is 0 Å². The van der Waals surface area contributed by atoms with Gasteiger partial charge in [-0.2, -0.15) is 0 Å². The summed E-state index contributed by atoms with van der Waals surface area (Å²) in [6.45, 7) is 2.05. The highest BCUT2D eigenvalue weighted by atomic mass is 16.2. The smallest absolute Gasteiger partial charge is 0.252 e. The van der Waals surface area contributed by atoms with E-state index in [4.69, 9.17) is 0 Å². The summed E-state index contributed by atoms with van der Waals surface area (Å²) >= 11 is 0.